The maximum atomic E-state index is 9.08. The maximum Gasteiger partial charge on any atom is 0.0992 e. The van der Waals surface area contributed by atoms with Crippen LogP contribution < -0.4 is 5.32 Å². The van der Waals surface area contributed by atoms with E-state index in [0.717, 1.165) is 12.8 Å². The fourth-order valence-electron chi connectivity index (χ4n) is 2.34. The molecule has 0 saturated heterocycles. The molecule has 0 aromatic heterocycles. The molecule has 1 aliphatic rings. The second-order valence-electron chi connectivity index (χ2n) is 4.38. The van der Waals surface area contributed by atoms with Crippen molar-refractivity contribution in [2.24, 2.45) is 11.8 Å². The molecule has 0 fully saturated rings. The van der Waals surface area contributed by atoms with Crippen LogP contribution in [0.2, 0.25) is 0 Å². The van der Waals surface area contributed by atoms with Crippen LogP contribution in [-0.4, -0.2) is 12.6 Å². The third-order valence-corrected chi connectivity index (χ3v) is 2.86. The van der Waals surface area contributed by atoms with Crippen molar-refractivity contribution in [1.29, 1.82) is 5.26 Å². The van der Waals surface area contributed by atoms with Crippen LogP contribution in [0.25, 0.3) is 0 Å². The van der Waals surface area contributed by atoms with E-state index in [-0.39, 0.29) is 6.04 Å². The normalized spacial score (nSPS) is 27.3. The van der Waals surface area contributed by atoms with Crippen LogP contribution in [0.5, 0.6) is 0 Å². The number of rotatable bonds is 3. The highest BCUT2D eigenvalue weighted by atomic mass is 14.9. The lowest BCUT2D eigenvalue weighted by Crippen LogP contribution is -2.37. The average molecular weight is 202 g/mol. The van der Waals surface area contributed by atoms with E-state index in [1.54, 1.807) is 0 Å². The van der Waals surface area contributed by atoms with E-state index in [1.807, 2.05) is 0 Å². The Morgan fingerprint density at radius 1 is 1.73 bits per heavy atom. The standard InChI is InChI=1S/C13H18N2/c1-4-5-15-13(9-14)12-7-10(2)6-11(3)8-12/h1,6,10,12-13,15H,5,7-8H2,2-3H3. The minimum atomic E-state index is -0.104. The van der Waals surface area contributed by atoms with Crippen LogP contribution in [0, 0.1) is 35.5 Å². The molecular formula is C13H18N2. The molecule has 0 aliphatic heterocycles. The minimum Gasteiger partial charge on any atom is -0.291 e. The Kier molecular flexibility index (Phi) is 4.40. The van der Waals surface area contributed by atoms with Gasteiger partial charge in [-0.2, -0.15) is 5.26 Å². The largest absolute Gasteiger partial charge is 0.291 e. The molecule has 2 nitrogen and oxygen atoms in total. The average Bonchev–Trinajstić information content (AvgIpc) is 2.17. The van der Waals surface area contributed by atoms with Gasteiger partial charge in [-0.3, -0.25) is 5.32 Å². The van der Waals surface area contributed by atoms with E-state index < -0.39 is 0 Å². The molecule has 0 amide bonds. The summed E-state index contributed by atoms with van der Waals surface area (Å²) >= 11 is 0. The zero-order chi connectivity index (χ0) is 11.3. The molecule has 0 heterocycles. The first kappa shape index (κ1) is 11.8. The maximum absolute atomic E-state index is 9.08. The van der Waals surface area contributed by atoms with Gasteiger partial charge in [0.15, 0.2) is 0 Å². The summed E-state index contributed by atoms with van der Waals surface area (Å²) in [6.45, 7) is 4.81. The number of nitrogens with one attached hydrogen (secondary N) is 1. The highest BCUT2D eigenvalue weighted by Gasteiger charge is 2.25. The monoisotopic (exact) mass is 202 g/mol. The molecule has 3 unspecified atom stereocenters. The summed E-state index contributed by atoms with van der Waals surface area (Å²) in [6.07, 6.45) is 9.57. The van der Waals surface area contributed by atoms with Gasteiger partial charge in [0.2, 0.25) is 0 Å². The van der Waals surface area contributed by atoms with E-state index in [2.05, 4.69) is 37.2 Å². The predicted octanol–water partition coefficient (Wildman–Crippen LogP) is 2.09. The number of terminal acetylenes is 1. The fraction of sp³-hybridized carbons (Fsp3) is 0.615. The molecule has 80 valence electrons. The Labute approximate surface area is 92.4 Å². The third-order valence-electron chi connectivity index (χ3n) is 2.86. The van der Waals surface area contributed by atoms with E-state index in [9.17, 15) is 0 Å². The summed E-state index contributed by atoms with van der Waals surface area (Å²) in [5.74, 6) is 3.50. The van der Waals surface area contributed by atoms with Crippen LogP contribution >= 0.6 is 0 Å². The van der Waals surface area contributed by atoms with Gasteiger partial charge in [-0.05, 0) is 31.6 Å². The van der Waals surface area contributed by atoms with Crippen molar-refractivity contribution in [3.05, 3.63) is 11.6 Å². The van der Waals surface area contributed by atoms with Crippen LogP contribution in [0.3, 0.4) is 0 Å². The molecule has 2 heteroatoms. The molecule has 0 saturated carbocycles. The van der Waals surface area contributed by atoms with Gasteiger partial charge in [-0.1, -0.05) is 24.5 Å². The third kappa shape index (κ3) is 3.42. The van der Waals surface area contributed by atoms with Crippen LogP contribution in [-0.2, 0) is 0 Å². The number of hydrogen-bond acceptors (Lipinski definition) is 2. The molecule has 1 rings (SSSR count). The molecule has 0 radical (unpaired) electrons. The lowest BCUT2D eigenvalue weighted by Gasteiger charge is -2.28. The predicted molar refractivity (Wildman–Crippen MR) is 61.9 cm³/mol. The van der Waals surface area contributed by atoms with Gasteiger partial charge >= 0.3 is 0 Å². The number of allylic oxidation sites excluding steroid dienone is 2. The first-order valence-electron chi connectivity index (χ1n) is 5.41. The van der Waals surface area contributed by atoms with Gasteiger partial charge in [-0.25, -0.2) is 0 Å². The molecule has 0 aromatic rings. The van der Waals surface area contributed by atoms with Crippen LogP contribution in [0.15, 0.2) is 11.6 Å². The van der Waals surface area contributed by atoms with Gasteiger partial charge in [0, 0.05) is 0 Å². The first-order valence-corrected chi connectivity index (χ1v) is 5.41. The van der Waals surface area contributed by atoms with Crippen molar-refractivity contribution in [2.75, 3.05) is 6.54 Å². The molecule has 1 aliphatic carbocycles. The highest BCUT2D eigenvalue weighted by Crippen LogP contribution is 2.29. The van der Waals surface area contributed by atoms with Gasteiger partial charge in [0.25, 0.3) is 0 Å². The quantitative estimate of drug-likeness (QED) is 0.562. The second kappa shape index (κ2) is 5.59. The molecule has 0 bridgehead atoms. The van der Waals surface area contributed by atoms with Crippen molar-refractivity contribution in [2.45, 2.75) is 32.7 Å². The minimum absolute atomic E-state index is 0.104. The number of nitriles is 1. The van der Waals surface area contributed by atoms with E-state index in [4.69, 9.17) is 11.7 Å². The molecule has 15 heavy (non-hydrogen) atoms. The number of nitrogens with zero attached hydrogens (tertiary/aromatic N) is 1. The van der Waals surface area contributed by atoms with E-state index in [1.165, 1.54) is 5.57 Å². The van der Waals surface area contributed by atoms with E-state index >= 15 is 0 Å². The summed E-state index contributed by atoms with van der Waals surface area (Å²) < 4.78 is 0. The Morgan fingerprint density at radius 2 is 2.47 bits per heavy atom. The summed E-state index contributed by atoms with van der Waals surface area (Å²) in [7, 11) is 0. The van der Waals surface area contributed by atoms with Crippen molar-refractivity contribution in [3.8, 4) is 18.4 Å². The molecule has 1 N–H and O–H groups in total. The van der Waals surface area contributed by atoms with Crippen molar-refractivity contribution >= 4 is 0 Å². The van der Waals surface area contributed by atoms with Crippen molar-refractivity contribution in [3.63, 3.8) is 0 Å². The number of hydrogen-bond donors (Lipinski definition) is 1. The highest BCUT2D eigenvalue weighted by molar-refractivity contribution is 5.11. The zero-order valence-electron chi connectivity index (χ0n) is 9.46. The summed E-state index contributed by atoms with van der Waals surface area (Å²) in [4.78, 5) is 0. The van der Waals surface area contributed by atoms with Gasteiger partial charge in [0.05, 0.1) is 18.7 Å². The summed E-state index contributed by atoms with van der Waals surface area (Å²) in [6, 6.07) is 2.21. The topological polar surface area (TPSA) is 35.8 Å². The van der Waals surface area contributed by atoms with Crippen LogP contribution in [0.4, 0.5) is 0 Å². The Morgan fingerprint density at radius 3 is 3.00 bits per heavy atom. The summed E-state index contributed by atoms with van der Waals surface area (Å²) in [5.41, 5.74) is 1.39. The summed E-state index contributed by atoms with van der Waals surface area (Å²) in [5, 5.41) is 12.2. The SMILES string of the molecule is C#CCNC(C#N)C1CC(C)=CC(C)C1. The first-order chi connectivity index (χ1) is 7.17. The Hall–Kier alpha value is -1.25. The molecule has 3 atom stereocenters. The zero-order valence-corrected chi connectivity index (χ0v) is 9.46. The molecule has 0 spiro atoms. The fourth-order valence-corrected chi connectivity index (χ4v) is 2.34. The van der Waals surface area contributed by atoms with Crippen LogP contribution in [0.1, 0.15) is 26.7 Å². The smallest absolute Gasteiger partial charge is 0.0992 e. The van der Waals surface area contributed by atoms with Gasteiger partial charge in [-0.15, -0.1) is 6.42 Å². The van der Waals surface area contributed by atoms with Gasteiger partial charge in [0.1, 0.15) is 0 Å². The van der Waals surface area contributed by atoms with E-state index in [0.29, 0.717) is 18.4 Å². The van der Waals surface area contributed by atoms with Crippen molar-refractivity contribution < 1.29 is 0 Å². The van der Waals surface area contributed by atoms with Crippen molar-refractivity contribution in [1.82, 2.24) is 5.32 Å². The second-order valence-corrected chi connectivity index (χ2v) is 4.38. The molecule has 0 aromatic carbocycles. The Balaban J connectivity index is 2.60. The lowest BCUT2D eigenvalue weighted by atomic mass is 9.80. The lowest BCUT2D eigenvalue weighted by molar-refractivity contribution is 0.345. The molecular weight excluding hydrogens is 184 g/mol. The van der Waals surface area contributed by atoms with Gasteiger partial charge < -0.3 is 0 Å². The Bertz CT molecular complexity index is 316.